The lowest BCUT2D eigenvalue weighted by Crippen LogP contribution is -2.19. The van der Waals surface area contributed by atoms with Crippen LogP contribution in [-0.4, -0.2) is 21.2 Å². The van der Waals surface area contributed by atoms with Crippen LogP contribution in [0.5, 0.6) is 0 Å². The fourth-order valence-corrected chi connectivity index (χ4v) is 2.84. The number of nitrogens with one attached hydrogen (secondary N) is 3. The van der Waals surface area contributed by atoms with E-state index in [0.717, 1.165) is 33.4 Å². The number of hydrogen-bond donors (Lipinski definition) is 3. The van der Waals surface area contributed by atoms with Gasteiger partial charge in [0.15, 0.2) is 5.82 Å². The molecule has 0 aliphatic rings. The van der Waals surface area contributed by atoms with E-state index >= 15 is 0 Å². The van der Waals surface area contributed by atoms with Crippen LogP contribution in [0.1, 0.15) is 5.56 Å². The molecule has 128 valence electrons. The summed E-state index contributed by atoms with van der Waals surface area (Å²) in [6, 6.07) is 18.8. The number of nitrogens with zero attached hydrogens (tertiary/aromatic N) is 2. The number of anilines is 2. The predicted molar refractivity (Wildman–Crippen MR) is 103 cm³/mol. The zero-order chi connectivity index (χ0) is 17.9. The molecular weight excluding hydrogens is 326 g/mol. The summed E-state index contributed by atoms with van der Waals surface area (Å²) in [5, 5.41) is 13.6. The van der Waals surface area contributed by atoms with Gasteiger partial charge in [-0.2, -0.15) is 5.10 Å². The van der Waals surface area contributed by atoms with Crippen LogP contribution in [-0.2, 0) is 0 Å². The fourth-order valence-electron chi connectivity index (χ4n) is 2.84. The first kappa shape index (κ1) is 15.8. The van der Waals surface area contributed by atoms with E-state index in [1.807, 2.05) is 67.6 Å². The van der Waals surface area contributed by atoms with Crippen molar-refractivity contribution in [2.45, 2.75) is 6.92 Å². The van der Waals surface area contributed by atoms with Gasteiger partial charge in [0.1, 0.15) is 0 Å². The van der Waals surface area contributed by atoms with Gasteiger partial charge >= 0.3 is 6.03 Å². The van der Waals surface area contributed by atoms with Crippen molar-refractivity contribution in [1.29, 1.82) is 0 Å². The zero-order valence-corrected chi connectivity index (χ0v) is 14.2. The van der Waals surface area contributed by atoms with Crippen LogP contribution in [0.25, 0.3) is 22.2 Å². The molecule has 0 unspecified atom stereocenters. The van der Waals surface area contributed by atoms with Crippen molar-refractivity contribution in [3.63, 3.8) is 0 Å². The maximum absolute atomic E-state index is 12.2. The monoisotopic (exact) mass is 343 g/mol. The highest BCUT2D eigenvalue weighted by atomic mass is 16.2. The van der Waals surface area contributed by atoms with Crippen LogP contribution in [0.2, 0.25) is 0 Å². The number of H-pyrrole nitrogens is 1. The fraction of sp³-hybridized carbons (Fsp3) is 0.0500. The number of hydrogen-bond acceptors (Lipinski definition) is 3. The lowest BCUT2D eigenvalue weighted by molar-refractivity contribution is 0.262. The van der Waals surface area contributed by atoms with E-state index in [1.54, 1.807) is 6.20 Å². The molecule has 0 spiro atoms. The number of fused-ring (bicyclic) bond motifs is 1. The SMILES string of the molecule is Cc1cccnc1-c1ccc2[nH]nc(NC(=O)Nc3ccccc3)c2c1. The first-order valence-electron chi connectivity index (χ1n) is 8.24. The second-order valence-corrected chi connectivity index (χ2v) is 5.95. The molecule has 0 aliphatic heterocycles. The summed E-state index contributed by atoms with van der Waals surface area (Å²) >= 11 is 0. The van der Waals surface area contributed by atoms with Gasteiger partial charge in [-0.15, -0.1) is 0 Å². The number of para-hydroxylation sites is 1. The first-order valence-corrected chi connectivity index (χ1v) is 8.24. The average Bonchev–Trinajstić information content (AvgIpc) is 3.05. The number of amides is 2. The number of carbonyl (C=O) groups excluding carboxylic acids is 1. The van der Waals surface area contributed by atoms with Gasteiger partial charge in [-0.1, -0.05) is 30.3 Å². The van der Waals surface area contributed by atoms with Gasteiger partial charge in [-0.05, 0) is 42.8 Å². The summed E-state index contributed by atoms with van der Waals surface area (Å²) in [6.07, 6.45) is 1.77. The zero-order valence-electron chi connectivity index (χ0n) is 14.2. The number of aromatic nitrogens is 3. The molecule has 2 amide bonds. The normalized spacial score (nSPS) is 10.7. The molecule has 6 heteroatoms. The number of pyridine rings is 1. The molecule has 2 aromatic heterocycles. The lowest BCUT2D eigenvalue weighted by atomic mass is 10.0. The van der Waals surface area contributed by atoms with E-state index in [4.69, 9.17) is 0 Å². The van der Waals surface area contributed by atoms with Gasteiger partial charge < -0.3 is 5.32 Å². The number of benzene rings is 2. The summed E-state index contributed by atoms with van der Waals surface area (Å²) < 4.78 is 0. The van der Waals surface area contributed by atoms with Crippen LogP contribution in [0.15, 0.2) is 66.9 Å². The second kappa shape index (κ2) is 6.68. The molecule has 0 atom stereocenters. The third-order valence-electron chi connectivity index (χ3n) is 4.11. The third kappa shape index (κ3) is 3.12. The van der Waals surface area contributed by atoms with Crippen molar-refractivity contribution < 1.29 is 4.79 Å². The summed E-state index contributed by atoms with van der Waals surface area (Å²) in [6.45, 7) is 2.02. The maximum atomic E-state index is 12.2. The largest absolute Gasteiger partial charge is 0.324 e. The predicted octanol–water partition coefficient (Wildman–Crippen LogP) is 4.58. The Kier molecular flexibility index (Phi) is 4.07. The Hall–Kier alpha value is -3.67. The minimum Gasteiger partial charge on any atom is -0.308 e. The Morgan fingerprint density at radius 3 is 2.65 bits per heavy atom. The Morgan fingerprint density at radius 2 is 1.85 bits per heavy atom. The third-order valence-corrected chi connectivity index (χ3v) is 4.11. The van der Waals surface area contributed by atoms with E-state index in [0.29, 0.717) is 5.82 Å². The molecule has 0 fully saturated rings. The van der Waals surface area contributed by atoms with Gasteiger partial charge in [0.25, 0.3) is 0 Å². The van der Waals surface area contributed by atoms with Crippen LogP contribution in [0, 0.1) is 6.92 Å². The van der Waals surface area contributed by atoms with E-state index < -0.39 is 0 Å². The molecule has 0 bridgehead atoms. The number of urea groups is 1. The quantitative estimate of drug-likeness (QED) is 0.509. The van der Waals surface area contributed by atoms with Gasteiger partial charge in [0.05, 0.1) is 11.2 Å². The van der Waals surface area contributed by atoms with E-state index in [1.165, 1.54) is 0 Å². The maximum Gasteiger partial charge on any atom is 0.324 e. The van der Waals surface area contributed by atoms with Crippen molar-refractivity contribution in [2.75, 3.05) is 10.6 Å². The molecule has 0 radical (unpaired) electrons. The van der Waals surface area contributed by atoms with Crippen molar-refractivity contribution in [2.24, 2.45) is 0 Å². The molecule has 4 aromatic rings. The molecule has 26 heavy (non-hydrogen) atoms. The highest BCUT2D eigenvalue weighted by Crippen LogP contribution is 2.28. The standard InChI is InChI=1S/C20H17N5O/c1-13-6-5-11-21-18(13)14-9-10-17-16(12-14)19(25-24-17)23-20(26)22-15-7-3-2-4-8-15/h2-12H,1H3,(H3,22,23,24,25,26). The van der Waals surface area contributed by atoms with Crippen molar-refractivity contribution in [3.05, 3.63) is 72.4 Å². The smallest absolute Gasteiger partial charge is 0.308 e. The molecule has 0 saturated carbocycles. The number of aryl methyl sites for hydroxylation is 1. The first-order chi connectivity index (χ1) is 12.7. The molecule has 6 nitrogen and oxygen atoms in total. The number of aromatic amines is 1. The molecule has 4 rings (SSSR count). The van der Waals surface area contributed by atoms with E-state index in [-0.39, 0.29) is 6.03 Å². The summed E-state index contributed by atoms with van der Waals surface area (Å²) in [5.41, 5.74) is 4.54. The lowest BCUT2D eigenvalue weighted by Gasteiger charge is -2.07. The Balaban J connectivity index is 1.63. The molecule has 0 aliphatic carbocycles. The number of carbonyl (C=O) groups is 1. The van der Waals surface area contributed by atoms with Crippen LogP contribution < -0.4 is 10.6 Å². The molecular formula is C20H17N5O. The highest BCUT2D eigenvalue weighted by molar-refractivity contribution is 6.05. The van der Waals surface area contributed by atoms with Gasteiger partial charge in [-0.25, -0.2) is 4.79 Å². The minimum atomic E-state index is -0.344. The molecule has 3 N–H and O–H groups in total. The summed E-state index contributed by atoms with van der Waals surface area (Å²) in [5.74, 6) is 0.476. The average molecular weight is 343 g/mol. The van der Waals surface area contributed by atoms with Crippen LogP contribution in [0.3, 0.4) is 0 Å². The van der Waals surface area contributed by atoms with Gasteiger partial charge in [0.2, 0.25) is 0 Å². The van der Waals surface area contributed by atoms with Gasteiger partial charge in [-0.3, -0.25) is 15.4 Å². The van der Waals surface area contributed by atoms with Crippen molar-refractivity contribution in [3.8, 4) is 11.3 Å². The van der Waals surface area contributed by atoms with E-state index in [9.17, 15) is 4.79 Å². The summed E-state index contributed by atoms with van der Waals surface area (Å²) in [4.78, 5) is 16.7. The van der Waals surface area contributed by atoms with Crippen LogP contribution >= 0.6 is 0 Å². The Labute approximate surface area is 150 Å². The number of rotatable bonds is 3. The second-order valence-electron chi connectivity index (χ2n) is 5.95. The minimum absolute atomic E-state index is 0.344. The van der Waals surface area contributed by atoms with Gasteiger partial charge in [0, 0.05) is 22.8 Å². The Bertz CT molecular complexity index is 1070. The highest BCUT2D eigenvalue weighted by Gasteiger charge is 2.12. The summed E-state index contributed by atoms with van der Waals surface area (Å²) in [7, 11) is 0. The molecule has 0 saturated heterocycles. The van der Waals surface area contributed by atoms with Crippen LogP contribution in [0.4, 0.5) is 16.3 Å². The van der Waals surface area contributed by atoms with E-state index in [2.05, 4.69) is 25.8 Å². The molecule has 2 heterocycles. The topological polar surface area (TPSA) is 82.7 Å². The van der Waals surface area contributed by atoms with Crippen molar-refractivity contribution >= 4 is 28.4 Å². The van der Waals surface area contributed by atoms with Crippen molar-refractivity contribution in [1.82, 2.24) is 15.2 Å². The Morgan fingerprint density at radius 1 is 1.00 bits per heavy atom. The molecule has 2 aromatic carbocycles.